The molecule has 0 amide bonds. The zero-order chi connectivity index (χ0) is 15.4. The van der Waals surface area contributed by atoms with Gasteiger partial charge in [-0.25, -0.2) is 4.79 Å². The zero-order valence-corrected chi connectivity index (χ0v) is 13.5. The number of methoxy groups -OCH3 is 1. The Kier molecular flexibility index (Phi) is 4.90. The van der Waals surface area contributed by atoms with Crippen molar-refractivity contribution in [3.8, 4) is 5.75 Å². The molecule has 0 radical (unpaired) electrons. The molecule has 0 atom stereocenters. The number of fused-ring (bicyclic) bond motifs is 1. The maximum atomic E-state index is 11.5. The average Bonchev–Trinajstić information content (AvgIpc) is 2.99. The number of benzene rings is 1. The molecule has 1 aliphatic rings. The lowest BCUT2D eigenvalue weighted by Gasteiger charge is -2.27. The minimum atomic E-state index is 0.743. The second kappa shape index (κ2) is 7.07. The molecule has 22 heavy (non-hydrogen) atoms. The number of carbonyl (C=O) groups excluding carboxylic acids is 1. The molecule has 1 N–H and O–H groups in total. The molecule has 0 aliphatic carbocycles. The summed E-state index contributed by atoms with van der Waals surface area (Å²) in [6.45, 7) is 5.06. The van der Waals surface area contributed by atoms with Crippen molar-refractivity contribution in [2.24, 2.45) is 0 Å². The molecule has 2 heterocycles. The fourth-order valence-electron chi connectivity index (χ4n) is 2.81. The molecule has 0 spiro atoms. The molecule has 3 rings (SSSR count). The normalized spacial score (nSPS) is 15.7. The van der Waals surface area contributed by atoms with E-state index in [2.05, 4.69) is 21.5 Å². The highest BCUT2D eigenvalue weighted by molar-refractivity contribution is 7.17. The summed E-state index contributed by atoms with van der Waals surface area (Å²) in [7, 11) is 1.66. The van der Waals surface area contributed by atoms with Crippen LogP contribution in [0.15, 0.2) is 23.6 Å². The molecule has 1 aromatic heterocycles. The van der Waals surface area contributed by atoms with Gasteiger partial charge in [-0.3, -0.25) is 0 Å². The minimum absolute atomic E-state index is 0.743. The lowest BCUT2D eigenvalue weighted by molar-refractivity contribution is 0.246. The minimum Gasteiger partial charge on any atom is -0.497 e. The van der Waals surface area contributed by atoms with Crippen LogP contribution in [0, 0.1) is 0 Å². The van der Waals surface area contributed by atoms with E-state index >= 15 is 0 Å². The summed E-state index contributed by atoms with van der Waals surface area (Å²) >= 11 is 1.66. The summed E-state index contributed by atoms with van der Waals surface area (Å²) in [6, 6.07) is 6.00. The first-order valence-corrected chi connectivity index (χ1v) is 8.42. The summed E-state index contributed by atoms with van der Waals surface area (Å²) in [5.41, 5.74) is 1.77. The van der Waals surface area contributed by atoms with Gasteiger partial charge in [-0.1, -0.05) is 0 Å². The Labute approximate surface area is 134 Å². The molecule has 1 saturated heterocycles. The highest BCUT2D eigenvalue weighted by Gasteiger charge is 2.14. The third kappa shape index (κ3) is 3.23. The van der Waals surface area contributed by atoms with Crippen LogP contribution in [-0.4, -0.2) is 50.7 Å². The molecule has 0 bridgehead atoms. The summed E-state index contributed by atoms with van der Waals surface area (Å²) in [4.78, 5) is 13.8. The van der Waals surface area contributed by atoms with Gasteiger partial charge in [0, 0.05) is 59.3 Å². The fraction of sp³-hybridized carbons (Fsp3) is 0.412. The number of hydrogen-bond acceptors (Lipinski definition) is 5. The smallest absolute Gasteiger partial charge is 0.128 e. The number of thiophene rings is 1. The number of piperazine rings is 1. The van der Waals surface area contributed by atoms with Crippen LogP contribution in [0.2, 0.25) is 0 Å². The van der Waals surface area contributed by atoms with Gasteiger partial charge in [-0.15, -0.1) is 11.3 Å². The van der Waals surface area contributed by atoms with E-state index in [1.54, 1.807) is 18.4 Å². The van der Waals surface area contributed by atoms with Gasteiger partial charge in [0.05, 0.1) is 7.11 Å². The van der Waals surface area contributed by atoms with Crippen LogP contribution in [0.25, 0.3) is 15.7 Å². The van der Waals surface area contributed by atoms with Crippen LogP contribution >= 0.6 is 11.3 Å². The maximum Gasteiger partial charge on any atom is 0.128 e. The molecular formula is C17H20N2O2S. The van der Waals surface area contributed by atoms with Gasteiger partial charge in [-0.05, 0) is 24.6 Å². The number of rotatable bonds is 5. The lowest BCUT2D eigenvalue weighted by atomic mass is 10.0. The van der Waals surface area contributed by atoms with Crippen molar-refractivity contribution in [1.82, 2.24) is 10.2 Å². The van der Waals surface area contributed by atoms with Crippen molar-refractivity contribution in [1.29, 1.82) is 0 Å². The molecule has 1 aliphatic heterocycles. The first kappa shape index (κ1) is 15.3. The number of ether oxygens (including phenoxy) is 1. The molecular weight excluding hydrogens is 296 g/mol. The van der Waals surface area contributed by atoms with Crippen LogP contribution in [0.1, 0.15) is 12.0 Å². The maximum absolute atomic E-state index is 11.5. The van der Waals surface area contributed by atoms with E-state index in [1.807, 2.05) is 18.2 Å². The van der Waals surface area contributed by atoms with Crippen molar-refractivity contribution < 1.29 is 9.53 Å². The van der Waals surface area contributed by atoms with Crippen LogP contribution < -0.4 is 10.1 Å². The van der Waals surface area contributed by atoms with Gasteiger partial charge in [0.1, 0.15) is 11.7 Å². The Bertz CT molecular complexity index is 698. The van der Waals surface area contributed by atoms with E-state index < -0.39 is 0 Å². The number of hydrogen-bond donors (Lipinski definition) is 1. The van der Waals surface area contributed by atoms with E-state index in [1.165, 1.54) is 4.70 Å². The molecule has 5 heteroatoms. The highest BCUT2D eigenvalue weighted by Crippen LogP contribution is 2.33. The molecule has 1 aromatic carbocycles. The second-order valence-corrected chi connectivity index (χ2v) is 6.34. The van der Waals surface area contributed by atoms with E-state index in [9.17, 15) is 4.79 Å². The van der Waals surface area contributed by atoms with Crippen molar-refractivity contribution >= 4 is 32.9 Å². The Morgan fingerprint density at radius 2 is 2.23 bits per heavy atom. The number of nitrogens with one attached hydrogen (secondary N) is 1. The van der Waals surface area contributed by atoms with Crippen LogP contribution in [0.5, 0.6) is 5.75 Å². The predicted octanol–water partition coefficient (Wildman–Crippen LogP) is 2.42. The van der Waals surface area contributed by atoms with Gasteiger partial charge >= 0.3 is 0 Å². The molecule has 0 unspecified atom stereocenters. The van der Waals surface area contributed by atoms with Crippen molar-refractivity contribution in [3.63, 3.8) is 0 Å². The van der Waals surface area contributed by atoms with E-state index in [0.717, 1.165) is 61.4 Å². The molecule has 116 valence electrons. The van der Waals surface area contributed by atoms with E-state index in [-0.39, 0.29) is 0 Å². The first-order chi connectivity index (χ1) is 10.8. The SMILES string of the molecule is COc1ccc2scc(C(=C=O)CCN3CCNCC3)c2c1. The third-order valence-electron chi connectivity index (χ3n) is 4.12. The summed E-state index contributed by atoms with van der Waals surface area (Å²) < 4.78 is 6.47. The Morgan fingerprint density at radius 3 is 2.95 bits per heavy atom. The van der Waals surface area contributed by atoms with Crippen LogP contribution in [0.3, 0.4) is 0 Å². The number of nitrogens with zero attached hydrogens (tertiary/aromatic N) is 1. The van der Waals surface area contributed by atoms with Crippen LogP contribution in [-0.2, 0) is 4.79 Å². The van der Waals surface area contributed by atoms with Gasteiger partial charge < -0.3 is 15.0 Å². The Balaban J connectivity index is 1.79. The largest absolute Gasteiger partial charge is 0.497 e. The Morgan fingerprint density at radius 1 is 1.41 bits per heavy atom. The van der Waals surface area contributed by atoms with E-state index in [0.29, 0.717) is 0 Å². The molecule has 1 fully saturated rings. The summed E-state index contributed by atoms with van der Waals surface area (Å²) in [5.74, 6) is 2.98. The zero-order valence-electron chi connectivity index (χ0n) is 12.7. The van der Waals surface area contributed by atoms with Crippen LogP contribution in [0.4, 0.5) is 0 Å². The van der Waals surface area contributed by atoms with Gasteiger partial charge in [0.2, 0.25) is 0 Å². The average molecular weight is 316 g/mol. The Hall–Kier alpha value is -1.65. The monoisotopic (exact) mass is 316 g/mol. The van der Waals surface area contributed by atoms with Gasteiger partial charge in [-0.2, -0.15) is 0 Å². The van der Waals surface area contributed by atoms with E-state index in [4.69, 9.17) is 4.74 Å². The fourth-order valence-corrected chi connectivity index (χ4v) is 3.77. The van der Waals surface area contributed by atoms with Gasteiger partial charge in [0.15, 0.2) is 0 Å². The highest BCUT2D eigenvalue weighted by atomic mass is 32.1. The topological polar surface area (TPSA) is 41.6 Å². The predicted molar refractivity (Wildman–Crippen MR) is 91.4 cm³/mol. The summed E-state index contributed by atoms with van der Waals surface area (Å²) in [6.07, 6.45) is 0.743. The molecule has 4 nitrogen and oxygen atoms in total. The second-order valence-electron chi connectivity index (χ2n) is 5.43. The van der Waals surface area contributed by atoms with Crippen molar-refractivity contribution in [3.05, 3.63) is 29.1 Å². The van der Waals surface area contributed by atoms with Gasteiger partial charge in [0.25, 0.3) is 0 Å². The third-order valence-corrected chi connectivity index (χ3v) is 5.08. The first-order valence-electron chi connectivity index (χ1n) is 7.54. The quantitative estimate of drug-likeness (QED) is 0.860. The lowest BCUT2D eigenvalue weighted by Crippen LogP contribution is -2.43. The van der Waals surface area contributed by atoms with Crippen molar-refractivity contribution in [2.75, 3.05) is 39.8 Å². The summed E-state index contributed by atoms with van der Waals surface area (Å²) in [5, 5.41) is 6.49. The van der Waals surface area contributed by atoms with Crippen molar-refractivity contribution in [2.45, 2.75) is 6.42 Å². The standard InChI is InChI=1S/C17H20N2O2S/c1-21-14-2-3-17-15(10-14)16(12-22-17)13(11-20)4-7-19-8-5-18-6-9-19/h2-3,10,12,18H,4-9H2,1H3. The molecule has 0 saturated carbocycles. The molecule has 2 aromatic rings.